The van der Waals surface area contributed by atoms with Crippen LogP contribution in [0.5, 0.6) is 0 Å². The second kappa shape index (κ2) is 10.3. The van der Waals surface area contributed by atoms with Gasteiger partial charge in [-0.1, -0.05) is 0 Å². The number of aliphatic hydroxyl groups excluding tert-OH is 2. The number of aliphatic hydroxyl groups is 2. The van der Waals surface area contributed by atoms with Gasteiger partial charge in [0.2, 0.25) is 5.91 Å². The Hall–Kier alpha value is -2.99. The molecule has 0 aliphatic heterocycles. The summed E-state index contributed by atoms with van der Waals surface area (Å²) >= 11 is 0. The van der Waals surface area contributed by atoms with Crippen LogP contribution in [0, 0.1) is 0 Å². The summed E-state index contributed by atoms with van der Waals surface area (Å²) in [6, 6.07) is -1.00. The number of anilines is 1. The largest absolute Gasteiger partial charge is 0.444 e. The fourth-order valence-electron chi connectivity index (χ4n) is 3.93. The number of aromatic nitrogens is 4. The van der Waals surface area contributed by atoms with Gasteiger partial charge in [-0.3, -0.25) is 4.79 Å². The van der Waals surface area contributed by atoms with Gasteiger partial charge in [-0.05, 0) is 40.0 Å². The van der Waals surface area contributed by atoms with Crippen molar-refractivity contribution in [1.82, 2.24) is 30.2 Å². The van der Waals surface area contributed by atoms with Gasteiger partial charge in [0.15, 0.2) is 11.5 Å². The molecule has 33 heavy (non-hydrogen) atoms. The predicted molar refractivity (Wildman–Crippen MR) is 121 cm³/mol. The van der Waals surface area contributed by atoms with E-state index in [1.165, 1.54) is 6.33 Å². The monoisotopic (exact) mass is 463 g/mol. The second-order valence-corrected chi connectivity index (χ2v) is 9.13. The summed E-state index contributed by atoms with van der Waals surface area (Å²) < 4.78 is 6.89. The molecule has 2 heterocycles. The fourth-order valence-corrected chi connectivity index (χ4v) is 3.93. The highest BCUT2D eigenvalue weighted by atomic mass is 16.6. The molecular weight excluding hydrogens is 430 g/mol. The van der Waals surface area contributed by atoms with Gasteiger partial charge in [0.25, 0.3) is 0 Å². The topological polar surface area (TPSA) is 164 Å². The number of nitrogens with zero attached hydrogens (tertiary/aromatic N) is 4. The first kappa shape index (κ1) is 24.6. The first-order chi connectivity index (χ1) is 15.6. The number of hydrogen-bond acceptors (Lipinski definition) is 9. The lowest BCUT2D eigenvalue weighted by molar-refractivity contribution is -0.125. The number of nitrogens with one attached hydrogen (secondary N) is 3. The summed E-state index contributed by atoms with van der Waals surface area (Å²) in [5, 5.41) is 29.8. The molecule has 4 atom stereocenters. The summed E-state index contributed by atoms with van der Waals surface area (Å²) in [6.45, 7) is 5.62. The first-order valence-electron chi connectivity index (χ1n) is 11.1. The average molecular weight is 464 g/mol. The summed E-state index contributed by atoms with van der Waals surface area (Å²) in [6.07, 6.45) is 1.82. The van der Waals surface area contributed by atoms with Crippen LogP contribution in [0.3, 0.4) is 0 Å². The Balaban J connectivity index is 1.50. The van der Waals surface area contributed by atoms with Crippen LogP contribution in [0.25, 0.3) is 11.2 Å². The van der Waals surface area contributed by atoms with Crippen molar-refractivity contribution in [3.05, 3.63) is 12.7 Å². The van der Waals surface area contributed by atoms with Crippen molar-refractivity contribution in [2.45, 2.75) is 76.3 Å². The highest BCUT2D eigenvalue weighted by Gasteiger charge is 2.39. The van der Waals surface area contributed by atoms with E-state index in [0.29, 0.717) is 42.8 Å². The summed E-state index contributed by atoms with van der Waals surface area (Å²) in [5.74, 6) is 0.325. The summed E-state index contributed by atoms with van der Waals surface area (Å²) in [5.41, 5.74) is 0.560. The van der Waals surface area contributed by atoms with Crippen LogP contribution in [-0.2, 0) is 9.53 Å². The average Bonchev–Trinajstić information content (AvgIpc) is 3.17. The molecule has 0 radical (unpaired) electrons. The molecule has 5 N–H and O–H groups in total. The molecular formula is C21H33N7O5. The van der Waals surface area contributed by atoms with Crippen molar-refractivity contribution in [3.63, 3.8) is 0 Å². The number of hydrogen-bond donors (Lipinski definition) is 5. The minimum Gasteiger partial charge on any atom is -0.444 e. The lowest BCUT2D eigenvalue weighted by atomic mass is 9.85. The Labute approximate surface area is 192 Å². The van der Waals surface area contributed by atoms with Crippen LogP contribution in [0.4, 0.5) is 10.6 Å². The molecule has 1 aliphatic carbocycles. The van der Waals surface area contributed by atoms with E-state index >= 15 is 0 Å². The lowest BCUT2D eigenvalue weighted by Gasteiger charge is -2.38. The maximum Gasteiger partial charge on any atom is 0.407 e. The van der Waals surface area contributed by atoms with E-state index in [9.17, 15) is 19.8 Å². The van der Waals surface area contributed by atoms with Crippen molar-refractivity contribution < 1.29 is 24.5 Å². The molecule has 2 aromatic heterocycles. The highest BCUT2D eigenvalue weighted by Crippen LogP contribution is 2.32. The van der Waals surface area contributed by atoms with Gasteiger partial charge in [-0.2, -0.15) is 0 Å². The Bertz CT molecular complexity index is 974. The van der Waals surface area contributed by atoms with Crippen LogP contribution in [0.15, 0.2) is 12.7 Å². The SMILES string of the molecule is CNc1ncnc2c1ncn2[C@H]1CC[C@H](NC(=O)CCCNC(=O)OC(C)(C)C)[C@H](O)[C@H]1O. The van der Waals surface area contributed by atoms with Crippen LogP contribution in [-0.4, -0.2) is 79.2 Å². The molecule has 2 aromatic rings. The van der Waals surface area contributed by atoms with E-state index in [0.717, 1.165) is 0 Å². The van der Waals surface area contributed by atoms with E-state index in [4.69, 9.17) is 4.74 Å². The van der Waals surface area contributed by atoms with Gasteiger partial charge in [0.05, 0.1) is 18.4 Å². The van der Waals surface area contributed by atoms with Gasteiger partial charge in [0, 0.05) is 20.0 Å². The number of carbonyl (C=O) groups excluding carboxylic acids is 2. The molecule has 0 spiro atoms. The molecule has 2 amide bonds. The fraction of sp³-hybridized carbons (Fsp3) is 0.667. The van der Waals surface area contributed by atoms with Gasteiger partial charge >= 0.3 is 6.09 Å². The number of alkyl carbamates (subject to hydrolysis) is 1. The van der Waals surface area contributed by atoms with Crippen LogP contribution >= 0.6 is 0 Å². The normalized spacial score (nSPS) is 23.2. The zero-order valence-corrected chi connectivity index (χ0v) is 19.4. The maximum absolute atomic E-state index is 12.3. The van der Waals surface area contributed by atoms with E-state index in [-0.39, 0.29) is 12.3 Å². The predicted octanol–water partition coefficient (Wildman–Crippen LogP) is 0.714. The minimum absolute atomic E-state index is 0.175. The standard InChI is InChI=1S/C21H33N7O5/c1-21(2,3)33-20(32)23-9-5-6-14(29)27-12-7-8-13(17(31)16(12)30)28-11-26-15-18(22-4)24-10-25-19(15)28/h10-13,16-17,30-31H,5-9H2,1-4H3,(H,23,32)(H,27,29)(H,22,24,25)/t12-,13-,16-,17-/m0/s1. The maximum atomic E-state index is 12.3. The van der Waals surface area contributed by atoms with Crippen molar-refractivity contribution in [2.24, 2.45) is 0 Å². The molecule has 0 saturated heterocycles. The number of amides is 2. The van der Waals surface area contributed by atoms with Gasteiger partial charge in [-0.15, -0.1) is 0 Å². The summed E-state index contributed by atoms with van der Waals surface area (Å²) in [4.78, 5) is 36.7. The molecule has 1 fully saturated rings. The van der Waals surface area contributed by atoms with Gasteiger partial charge in [-0.25, -0.2) is 19.7 Å². The Morgan fingerprint density at radius 2 is 1.94 bits per heavy atom. The van der Waals surface area contributed by atoms with Gasteiger partial charge in [0.1, 0.15) is 29.7 Å². The smallest absolute Gasteiger partial charge is 0.407 e. The van der Waals surface area contributed by atoms with E-state index in [1.54, 1.807) is 38.7 Å². The van der Waals surface area contributed by atoms with Crippen molar-refractivity contribution in [1.29, 1.82) is 0 Å². The number of ether oxygens (including phenoxy) is 1. The number of imidazole rings is 1. The Morgan fingerprint density at radius 3 is 2.64 bits per heavy atom. The van der Waals surface area contributed by atoms with Crippen LogP contribution in [0.1, 0.15) is 52.5 Å². The van der Waals surface area contributed by atoms with Crippen molar-refractivity contribution >= 4 is 29.0 Å². The molecule has 1 aliphatic rings. The van der Waals surface area contributed by atoms with Gasteiger partial charge < -0.3 is 35.5 Å². The number of carbonyl (C=O) groups is 2. The molecule has 1 saturated carbocycles. The Kier molecular flexibility index (Phi) is 7.69. The van der Waals surface area contributed by atoms with E-state index in [1.807, 2.05) is 0 Å². The molecule has 12 heteroatoms. The molecule has 12 nitrogen and oxygen atoms in total. The highest BCUT2D eigenvalue weighted by molar-refractivity contribution is 5.82. The Morgan fingerprint density at radius 1 is 1.18 bits per heavy atom. The quantitative estimate of drug-likeness (QED) is 0.372. The third kappa shape index (κ3) is 6.08. The van der Waals surface area contributed by atoms with E-state index in [2.05, 4.69) is 30.9 Å². The molecule has 3 rings (SSSR count). The molecule has 0 unspecified atom stereocenters. The van der Waals surface area contributed by atoms with Crippen molar-refractivity contribution in [3.8, 4) is 0 Å². The third-order valence-corrected chi connectivity index (χ3v) is 5.48. The summed E-state index contributed by atoms with van der Waals surface area (Å²) in [7, 11) is 1.74. The molecule has 0 aromatic carbocycles. The first-order valence-corrected chi connectivity index (χ1v) is 11.1. The molecule has 0 bridgehead atoms. The second-order valence-electron chi connectivity index (χ2n) is 9.13. The van der Waals surface area contributed by atoms with Crippen LogP contribution < -0.4 is 16.0 Å². The lowest BCUT2D eigenvalue weighted by Crippen LogP contribution is -2.54. The van der Waals surface area contributed by atoms with Crippen LogP contribution in [0.2, 0.25) is 0 Å². The third-order valence-electron chi connectivity index (χ3n) is 5.48. The zero-order chi connectivity index (χ0) is 24.2. The number of rotatable bonds is 7. The zero-order valence-electron chi connectivity index (χ0n) is 19.4. The minimum atomic E-state index is -1.14. The van der Waals surface area contributed by atoms with Crippen molar-refractivity contribution in [2.75, 3.05) is 18.9 Å². The molecule has 182 valence electrons. The van der Waals surface area contributed by atoms with E-state index < -0.39 is 36.0 Å². The number of fused-ring (bicyclic) bond motifs is 1.